The maximum Gasteiger partial charge on any atom is 0.419 e. The van der Waals surface area contributed by atoms with Crippen molar-refractivity contribution in [3.05, 3.63) is 89.1 Å². The third kappa shape index (κ3) is 4.55. The van der Waals surface area contributed by atoms with Crippen LogP contribution in [0.3, 0.4) is 0 Å². The maximum absolute atomic E-state index is 15.1. The molecular formula is C29H30F3N3O2. The molecule has 3 aromatic carbocycles. The average molecular weight is 510 g/mol. The lowest BCUT2D eigenvalue weighted by Gasteiger charge is -2.43. The van der Waals surface area contributed by atoms with E-state index in [-0.39, 0.29) is 0 Å². The van der Waals surface area contributed by atoms with Gasteiger partial charge in [-0.3, -0.25) is 5.10 Å². The second-order valence-electron chi connectivity index (χ2n) is 10.5. The number of aromatic amines is 1. The van der Waals surface area contributed by atoms with Crippen LogP contribution in [0, 0.1) is 6.92 Å². The molecule has 0 spiro atoms. The number of rotatable bonds is 7. The number of nitrogens with zero attached hydrogens (tertiary/aromatic N) is 1. The number of aromatic nitrogens is 2. The van der Waals surface area contributed by atoms with Crippen LogP contribution in [0.25, 0.3) is 10.9 Å². The summed E-state index contributed by atoms with van der Waals surface area (Å²) in [5.41, 5.74) is -0.231. The zero-order chi connectivity index (χ0) is 26.4. The first-order valence-corrected chi connectivity index (χ1v) is 12.3. The van der Waals surface area contributed by atoms with E-state index in [1.807, 2.05) is 25.1 Å². The third-order valence-electron chi connectivity index (χ3n) is 7.26. The number of benzene rings is 3. The molecule has 8 heteroatoms. The number of alkyl halides is 3. The van der Waals surface area contributed by atoms with Crippen molar-refractivity contribution >= 4 is 16.6 Å². The molecule has 0 radical (unpaired) electrons. The molecule has 0 saturated carbocycles. The average Bonchev–Trinajstić information content (AvgIpc) is 3.51. The Morgan fingerprint density at radius 2 is 1.84 bits per heavy atom. The van der Waals surface area contributed by atoms with E-state index in [1.54, 1.807) is 62.5 Å². The molecule has 1 aliphatic heterocycles. The largest absolute Gasteiger partial charge is 0.493 e. The first kappa shape index (κ1) is 25.1. The van der Waals surface area contributed by atoms with Gasteiger partial charge in [0.2, 0.25) is 0 Å². The lowest BCUT2D eigenvalue weighted by molar-refractivity contribution is -0.273. The summed E-state index contributed by atoms with van der Waals surface area (Å²) in [6.07, 6.45) is -3.25. The number of H-pyrrole nitrogens is 1. The van der Waals surface area contributed by atoms with Gasteiger partial charge in [0.1, 0.15) is 5.75 Å². The highest BCUT2D eigenvalue weighted by molar-refractivity contribution is 5.92. The summed E-state index contributed by atoms with van der Waals surface area (Å²) in [5, 5.41) is 22.5. The fourth-order valence-corrected chi connectivity index (χ4v) is 5.48. The van der Waals surface area contributed by atoms with E-state index in [4.69, 9.17) is 4.74 Å². The van der Waals surface area contributed by atoms with Gasteiger partial charge in [0.15, 0.2) is 5.60 Å². The van der Waals surface area contributed by atoms with Crippen molar-refractivity contribution in [2.45, 2.75) is 56.8 Å². The summed E-state index contributed by atoms with van der Waals surface area (Å²) in [6, 6.07) is 16.0. The fourth-order valence-electron chi connectivity index (χ4n) is 5.48. The lowest BCUT2D eigenvalue weighted by Crippen LogP contribution is -2.55. The van der Waals surface area contributed by atoms with Gasteiger partial charge in [-0.15, -0.1) is 0 Å². The minimum absolute atomic E-state index is 0.325. The number of ether oxygens (including phenoxy) is 1. The van der Waals surface area contributed by atoms with Crippen molar-refractivity contribution in [1.82, 2.24) is 10.2 Å². The number of hydrogen-bond donors (Lipinski definition) is 3. The summed E-state index contributed by atoms with van der Waals surface area (Å²) < 4.78 is 51.0. The zero-order valence-corrected chi connectivity index (χ0v) is 21.0. The molecule has 2 atom stereocenters. The van der Waals surface area contributed by atoms with E-state index < -0.39 is 29.7 Å². The van der Waals surface area contributed by atoms with Crippen LogP contribution in [0.15, 0.2) is 66.9 Å². The van der Waals surface area contributed by atoms with Gasteiger partial charge in [-0.25, -0.2) is 0 Å². The summed E-state index contributed by atoms with van der Waals surface area (Å²) >= 11 is 0. The van der Waals surface area contributed by atoms with Gasteiger partial charge in [0.05, 0.1) is 24.4 Å². The molecule has 1 aromatic heterocycles. The smallest absolute Gasteiger partial charge is 0.419 e. The second kappa shape index (κ2) is 9.10. The van der Waals surface area contributed by atoms with E-state index in [2.05, 4.69) is 15.5 Å². The van der Waals surface area contributed by atoms with Crippen molar-refractivity contribution in [2.75, 3.05) is 11.9 Å². The van der Waals surface area contributed by atoms with Gasteiger partial charge < -0.3 is 15.2 Å². The SMILES string of the molecule is Cc1cc(N[C@H](c2ccccc2)[C@@](O)(CC(C)(C)c2cccc3c2OCC3)C(F)(F)F)c2cn[nH]c2c1. The van der Waals surface area contributed by atoms with Crippen molar-refractivity contribution in [2.24, 2.45) is 0 Å². The summed E-state index contributed by atoms with van der Waals surface area (Å²) in [7, 11) is 0. The molecule has 0 saturated heterocycles. The first-order valence-electron chi connectivity index (χ1n) is 12.3. The van der Waals surface area contributed by atoms with Gasteiger partial charge in [-0.2, -0.15) is 18.3 Å². The molecule has 194 valence electrons. The number of hydrogen-bond acceptors (Lipinski definition) is 4. The zero-order valence-electron chi connectivity index (χ0n) is 21.0. The minimum Gasteiger partial charge on any atom is -0.493 e. The molecule has 2 heterocycles. The molecule has 3 N–H and O–H groups in total. The van der Waals surface area contributed by atoms with Gasteiger partial charge in [-0.1, -0.05) is 62.4 Å². The van der Waals surface area contributed by atoms with E-state index in [9.17, 15) is 5.11 Å². The number of aryl methyl sites for hydroxylation is 1. The quantitative estimate of drug-likeness (QED) is 0.262. The van der Waals surface area contributed by atoms with Crippen LogP contribution in [-0.2, 0) is 11.8 Å². The van der Waals surface area contributed by atoms with E-state index in [0.29, 0.717) is 46.5 Å². The Kier molecular flexibility index (Phi) is 6.18. The molecule has 0 aliphatic carbocycles. The van der Waals surface area contributed by atoms with Gasteiger partial charge in [0.25, 0.3) is 0 Å². The molecule has 5 rings (SSSR count). The van der Waals surface area contributed by atoms with Crippen LogP contribution in [0.1, 0.15) is 48.6 Å². The third-order valence-corrected chi connectivity index (χ3v) is 7.26. The predicted octanol–water partition coefficient (Wildman–Crippen LogP) is 6.62. The maximum atomic E-state index is 15.1. The Hall–Kier alpha value is -3.52. The topological polar surface area (TPSA) is 70.2 Å². The molecule has 37 heavy (non-hydrogen) atoms. The minimum atomic E-state index is -4.95. The van der Waals surface area contributed by atoms with Crippen molar-refractivity contribution < 1.29 is 23.0 Å². The molecule has 0 bridgehead atoms. The molecule has 1 aliphatic rings. The Labute approximate surface area is 213 Å². The molecule has 4 aromatic rings. The molecule has 0 fully saturated rings. The summed E-state index contributed by atoms with van der Waals surface area (Å²) in [5.74, 6) is 0.625. The number of aliphatic hydroxyl groups is 1. The molecule has 0 amide bonds. The van der Waals surface area contributed by atoms with Crippen LogP contribution in [0.4, 0.5) is 18.9 Å². The first-order chi connectivity index (χ1) is 17.5. The van der Waals surface area contributed by atoms with Crippen LogP contribution >= 0.6 is 0 Å². The Morgan fingerprint density at radius 1 is 1.08 bits per heavy atom. The number of anilines is 1. The number of halogens is 3. The van der Waals surface area contributed by atoms with Crippen molar-refractivity contribution in [3.63, 3.8) is 0 Å². The Bertz CT molecular complexity index is 1420. The van der Waals surface area contributed by atoms with Gasteiger partial charge in [0, 0.05) is 23.1 Å². The Morgan fingerprint density at radius 3 is 2.57 bits per heavy atom. The Balaban J connectivity index is 1.63. The van der Waals surface area contributed by atoms with Crippen LogP contribution in [0.2, 0.25) is 0 Å². The lowest BCUT2D eigenvalue weighted by atomic mass is 9.70. The summed E-state index contributed by atoms with van der Waals surface area (Å²) in [6.45, 7) is 5.81. The highest BCUT2D eigenvalue weighted by Gasteiger charge is 2.61. The highest BCUT2D eigenvalue weighted by atomic mass is 19.4. The summed E-state index contributed by atoms with van der Waals surface area (Å²) in [4.78, 5) is 0. The number of fused-ring (bicyclic) bond motifs is 2. The monoisotopic (exact) mass is 509 g/mol. The van der Waals surface area contributed by atoms with E-state index in [1.165, 1.54) is 0 Å². The predicted molar refractivity (Wildman–Crippen MR) is 138 cm³/mol. The standard InChI is InChI=1S/C29H30F3N3O2/c1-18-14-23(21-16-33-35-24(21)15-18)34-26(20-8-5-4-6-9-20)28(36,29(30,31)32)17-27(2,3)22-11-7-10-19-12-13-37-25(19)22/h4-11,14-16,26,34,36H,12-13,17H2,1-3H3,(H,33,35)/t26-,28+/m1/s1. The van der Waals surface area contributed by atoms with E-state index >= 15 is 13.2 Å². The van der Waals surface area contributed by atoms with E-state index in [0.717, 1.165) is 11.1 Å². The highest BCUT2D eigenvalue weighted by Crippen LogP contribution is 2.51. The number of para-hydroxylation sites is 1. The van der Waals surface area contributed by atoms with Crippen LogP contribution in [-0.4, -0.2) is 33.7 Å². The van der Waals surface area contributed by atoms with Crippen molar-refractivity contribution in [1.29, 1.82) is 0 Å². The van der Waals surface area contributed by atoms with Crippen molar-refractivity contribution in [3.8, 4) is 5.75 Å². The van der Waals surface area contributed by atoms with Gasteiger partial charge in [-0.05, 0) is 47.6 Å². The van der Waals surface area contributed by atoms with Crippen LogP contribution in [0.5, 0.6) is 5.75 Å². The second-order valence-corrected chi connectivity index (χ2v) is 10.5. The molecule has 5 nitrogen and oxygen atoms in total. The fraction of sp³-hybridized carbons (Fsp3) is 0.345. The molecule has 0 unspecified atom stereocenters. The van der Waals surface area contributed by atoms with Gasteiger partial charge >= 0.3 is 6.18 Å². The molecular weight excluding hydrogens is 479 g/mol. The number of nitrogens with one attached hydrogen (secondary N) is 2. The van der Waals surface area contributed by atoms with Crippen LogP contribution < -0.4 is 10.1 Å². The normalized spacial score (nSPS) is 16.2.